The molecule has 9 atom stereocenters. The van der Waals surface area contributed by atoms with Crippen molar-refractivity contribution in [2.24, 2.45) is 22.9 Å². The molecule has 0 radical (unpaired) electrons. The van der Waals surface area contributed by atoms with Gasteiger partial charge in [0.2, 0.25) is 15.9 Å². The second-order valence-electron chi connectivity index (χ2n) is 10.0. The van der Waals surface area contributed by atoms with Gasteiger partial charge in [0.1, 0.15) is 12.3 Å². The fourth-order valence-electron chi connectivity index (χ4n) is 5.56. The van der Waals surface area contributed by atoms with E-state index >= 15 is 0 Å². The Kier molecular flexibility index (Phi) is 9.23. The van der Waals surface area contributed by atoms with Crippen molar-refractivity contribution < 1.29 is 53.4 Å². The van der Waals surface area contributed by atoms with Crippen molar-refractivity contribution in [1.82, 2.24) is 5.32 Å². The Hall–Kier alpha value is -1.45. The monoisotopic (exact) mass is 568 g/mol. The molecule has 0 bridgehead atoms. The van der Waals surface area contributed by atoms with Gasteiger partial charge < -0.3 is 14.8 Å². The molecule has 2 fully saturated rings. The number of methoxy groups -OCH3 is 1. The van der Waals surface area contributed by atoms with E-state index in [4.69, 9.17) is 14.6 Å². The molecule has 3 rings (SSSR count). The number of alkyl halides is 7. The van der Waals surface area contributed by atoms with Gasteiger partial charge in [-0.15, -0.1) is 0 Å². The summed E-state index contributed by atoms with van der Waals surface area (Å²) in [5.74, 6) is -8.26. The van der Waals surface area contributed by atoms with Crippen LogP contribution in [0.25, 0.3) is 0 Å². The maximum absolute atomic E-state index is 14.1. The quantitative estimate of drug-likeness (QED) is 0.377. The van der Waals surface area contributed by atoms with Crippen molar-refractivity contribution in [2.45, 2.75) is 93.1 Å². The van der Waals surface area contributed by atoms with E-state index in [-0.39, 0.29) is 25.7 Å². The van der Waals surface area contributed by atoms with Crippen LogP contribution in [0.1, 0.15) is 44.9 Å². The van der Waals surface area contributed by atoms with Gasteiger partial charge in [-0.3, -0.25) is 4.79 Å². The zero-order valence-electron chi connectivity index (χ0n) is 20.0. The van der Waals surface area contributed by atoms with Crippen LogP contribution in [-0.4, -0.2) is 69.6 Å². The van der Waals surface area contributed by atoms with Crippen LogP contribution in [-0.2, 0) is 24.3 Å². The molecule has 0 heterocycles. The third-order valence-corrected chi connectivity index (χ3v) is 8.84. The van der Waals surface area contributed by atoms with Gasteiger partial charge >= 0.3 is 12.4 Å². The number of rotatable bonds is 6. The standard InChI is InChI=1S/C22H31F7N2O5S/c1-35-17-9-12(23)5-6-16(17)36-18-8-11(21(24,25)26)7-15(22(27,28)29)19(18)20(32)31-13-3-2-4-14(10-13)37(30,33)34/h5-6,11-19H,2-4,7-10H2,1H3,(H,31,32)(H2,30,33,34). The number of halogens is 7. The van der Waals surface area contributed by atoms with E-state index in [9.17, 15) is 43.9 Å². The van der Waals surface area contributed by atoms with Crippen LogP contribution in [0.2, 0.25) is 0 Å². The predicted octanol–water partition coefficient (Wildman–Crippen LogP) is 3.54. The van der Waals surface area contributed by atoms with Gasteiger partial charge in [0.25, 0.3) is 0 Å². The Balaban J connectivity index is 1.91. The minimum atomic E-state index is -5.16. The second kappa shape index (κ2) is 11.3. The average Bonchev–Trinajstić information content (AvgIpc) is 2.78. The van der Waals surface area contributed by atoms with Crippen molar-refractivity contribution in [3.63, 3.8) is 0 Å². The lowest BCUT2D eigenvalue weighted by Gasteiger charge is -2.44. The lowest BCUT2D eigenvalue weighted by atomic mass is 9.70. The van der Waals surface area contributed by atoms with Crippen LogP contribution < -0.4 is 10.5 Å². The van der Waals surface area contributed by atoms with Gasteiger partial charge in [-0.2, -0.15) is 26.3 Å². The first-order chi connectivity index (χ1) is 17.0. The number of carbonyl (C=O) groups excluding carboxylic acids is 1. The third kappa shape index (κ3) is 7.57. The van der Waals surface area contributed by atoms with Gasteiger partial charge in [0, 0.05) is 19.6 Å². The zero-order chi connectivity index (χ0) is 27.8. The van der Waals surface area contributed by atoms with E-state index < -0.39 is 94.7 Å². The highest BCUT2D eigenvalue weighted by Gasteiger charge is 2.59. The highest BCUT2D eigenvalue weighted by atomic mass is 32.2. The van der Waals surface area contributed by atoms with Crippen LogP contribution in [0.4, 0.5) is 30.7 Å². The second-order valence-corrected chi connectivity index (χ2v) is 11.9. The van der Waals surface area contributed by atoms with Crippen LogP contribution in [0.15, 0.2) is 12.2 Å². The summed E-state index contributed by atoms with van der Waals surface area (Å²) in [4.78, 5) is 13.2. The summed E-state index contributed by atoms with van der Waals surface area (Å²) in [7, 11) is -2.75. The Morgan fingerprint density at radius 3 is 2.22 bits per heavy atom. The Morgan fingerprint density at radius 1 is 0.973 bits per heavy atom. The molecule has 0 aliphatic heterocycles. The average molecular weight is 569 g/mol. The topological polar surface area (TPSA) is 108 Å². The maximum Gasteiger partial charge on any atom is 0.392 e. The van der Waals surface area contributed by atoms with Crippen LogP contribution >= 0.6 is 0 Å². The molecule has 214 valence electrons. The summed E-state index contributed by atoms with van der Waals surface area (Å²) >= 11 is 0. The van der Waals surface area contributed by atoms with Crippen molar-refractivity contribution >= 4 is 15.9 Å². The number of sulfonamides is 1. The van der Waals surface area contributed by atoms with Crippen LogP contribution in [0.5, 0.6) is 0 Å². The first kappa shape index (κ1) is 30.1. The van der Waals surface area contributed by atoms with E-state index in [0.717, 1.165) is 6.08 Å². The number of hydrogen-bond donors (Lipinski definition) is 2. The normalized spacial score (nSPS) is 37.8. The Morgan fingerprint density at radius 2 is 1.65 bits per heavy atom. The molecule has 37 heavy (non-hydrogen) atoms. The molecule has 0 saturated heterocycles. The molecule has 0 aromatic rings. The summed E-state index contributed by atoms with van der Waals surface area (Å²) in [6, 6.07) is -0.826. The van der Waals surface area contributed by atoms with Crippen molar-refractivity contribution in [3.05, 3.63) is 12.2 Å². The number of primary sulfonamides is 1. The van der Waals surface area contributed by atoms with Crippen molar-refractivity contribution in [2.75, 3.05) is 7.11 Å². The minimum Gasteiger partial charge on any atom is -0.378 e. The number of nitrogens with two attached hydrogens (primary N) is 1. The van der Waals surface area contributed by atoms with E-state index in [0.29, 0.717) is 6.42 Å². The van der Waals surface area contributed by atoms with Gasteiger partial charge in [-0.25, -0.2) is 17.9 Å². The fourth-order valence-corrected chi connectivity index (χ4v) is 6.55. The summed E-state index contributed by atoms with van der Waals surface area (Å²) in [6.07, 6.45) is -15.0. The molecule has 9 unspecified atom stereocenters. The first-order valence-electron chi connectivity index (χ1n) is 12.0. The maximum atomic E-state index is 14.1. The Bertz CT molecular complexity index is 943. The smallest absolute Gasteiger partial charge is 0.378 e. The lowest BCUT2D eigenvalue weighted by molar-refractivity contribution is -0.256. The van der Waals surface area contributed by atoms with Crippen molar-refractivity contribution in [3.8, 4) is 0 Å². The molecule has 0 aromatic heterocycles. The molecule has 1 amide bonds. The van der Waals surface area contributed by atoms with Gasteiger partial charge in [0.15, 0.2) is 0 Å². The summed E-state index contributed by atoms with van der Waals surface area (Å²) in [6.45, 7) is 0. The molecule has 15 heteroatoms. The molecule has 7 nitrogen and oxygen atoms in total. The summed E-state index contributed by atoms with van der Waals surface area (Å²) in [5.41, 5.74) is 0. The lowest BCUT2D eigenvalue weighted by Crippen LogP contribution is -2.56. The molecule has 0 spiro atoms. The summed E-state index contributed by atoms with van der Waals surface area (Å²) < 4.78 is 131. The summed E-state index contributed by atoms with van der Waals surface area (Å²) in [5, 5.41) is 6.60. The largest absolute Gasteiger partial charge is 0.392 e. The number of nitrogens with one attached hydrogen (secondary N) is 1. The Labute approximate surface area is 210 Å². The number of allylic oxidation sites excluding steroid dienone is 1. The number of carbonyl (C=O) groups is 1. The number of amides is 1. The third-order valence-electron chi connectivity index (χ3n) is 7.48. The van der Waals surface area contributed by atoms with Gasteiger partial charge in [0.05, 0.1) is 35.2 Å². The minimum absolute atomic E-state index is 0.125. The molecule has 3 aliphatic carbocycles. The van der Waals surface area contributed by atoms with Crippen LogP contribution in [0.3, 0.4) is 0 Å². The highest BCUT2D eigenvalue weighted by molar-refractivity contribution is 7.89. The molecular formula is C22H31F7N2O5S. The van der Waals surface area contributed by atoms with E-state index in [1.54, 1.807) is 0 Å². The molecule has 0 aromatic carbocycles. The highest BCUT2D eigenvalue weighted by Crippen LogP contribution is 2.50. The van der Waals surface area contributed by atoms with E-state index in [1.807, 2.05) is 0 Å². The molecule has 3 N–H and O–H groups in total. The zero-order valence-corrected chi connectivity index (χ0v) is 20.8. The van der Waals surface area contributed by atoms with Crippen molar-refractivity contribution in [1.29, 1.82) is 0 Å². The van der Waals surface area contributed by atoms with Gasteiger partial charge in [-0.1, -0.05) is 18.6 Å². The van der Waals surface area contributed by atoms with E-state index in [2.05, 4.69) is 5.32 Å². The number of hydrogen-bond acceptors (Lipinski definition) is 5. The molecule has 3 aliphatic rings. The van der Waals surface area contributed by atoms with E-state index in [1.165, 1.54) is 13.2 Å². The number of ether oxygens (including phenoxy) is 2. The SMILES string of the molecule is COC1CC(F)C=CC1OC1CC(C(F)(F)F)CC(C(F)(F)F)C1C(=O)NC1CCCC(S(N)(=O)=O)C1. The van der Waals surface area contributed by atoms with Gasteiger partial charge in [-0.05, 0) is 32.1 Å². The molecular weight excluding hydrogens is 537 g/mol. The predicted molar refractivity (Wildman–Crippen MR) is 117 cm³/mol. The van der Waals surface area contributed by atoms with Crippen LogP contribution in [0, 0.1) is 17.8 Å². The fraction of sp³-hybridized carbons (Fsp3) is 0.864. The molecule has 2 saturated carbocycles. The first-order valence-corrected chi connectivity index (χ1v) is 13.6.